The van der Waals surface area contributed by atoms with Crippen molar-refractivity contribution in [1.29, 1.82) is 0 Å². The van der Waals surface area contributed by atoms with Crippen molar-refractivity contribution in [3.8, 4) is 0 Å². The van der Waals surface area contributed by atoms with E-state index in [-0.39, 0.29) is 22.7 Å². The van der Waals surface area contributed by atoms with Crippen LogP contribution in [0.25, 0.3) is 0 Å². The van der Waals surface area contributed by atoms with E-state index >= 15 is 0 Å². The molecule has 8 nitrogen and oxygen atoms in total. The molecule has 9 heteroatoms. The van der Waals surface area contributed by atoms with Crippen LogP contribution in [0.15, 0.2) is 23.1 Å². The number of hydrogen-bond donors (Lipinski definition) is 5. The van der Waals surface area contributed by atoms with E-state index in [4.69, 9.17) is 21.7 Å². The molecule has 0 aliphatic rings. The molecular formula is C10H15N3O5S. The van der Waals surface area contributed by atoms with Gasteiger partial charge in [0.25, 0.3) is 0 Å². The number of sulfonamides is 1. The molecule has 106 valence electrons. The highest BCUT2D eigenvalue weighted by Crippen LogP contribution is 2.19. The molecule has 0 aliphatic heterocycles. The predicted molar refractivity (Wildman–Crippen MR) is 67.7 cm³/mol. The molecule has 0 aliphatic carbocycles. The Morgan fingerprint density at radius 3 is 2.53 bits per heavy atom. The molecule has 0 saturated carbocycles. The highest BCUT2D eigenvalue weighted by Gasteiger charge is 2.19. The lowest BCUT2D eigenvalue weighted by molar-refractivity contribution is 0.0988. The fourth-order valence-electron chi connectivity index (χ4n) is 1.29. The van der Waals surface area contributed by atoms with Crippen molar-refractivity contribution in [1.82, 2.24) is 4.72 Å². The summed E-state index contributed by atoms with van der Waals surface area (Å²) in [6.07, 6.45) is -1.21. The van der Waals surface area contributed by atoms with Gasteiger partial charge in [0.1, 0.15) is 4.90 Å². The van der Waals surface area contributed by atoms with Crippen molar-refractivity contribution in [2.45, 2.75) is 11.0 Å². The minimum atomic E-state index is -3.94. The van der Waals surface area contributed by atoms with Gasteiger partial charge < -0.3 is 21.7 Å². The molecule has 1 rings (SSSR count). The maximum absolute atomic E-state index is 11.9. The Bertz CT molecular complexity index is 573. The number of benzene rings is 1. The van der Waals surface area contributed by atoms with Gasteiger partial charge in [0.2, 0.25) is 15.9 Å². The van der Waals surface area contributed by atoms with Gasteiger partial charge in [0.05, 0.1) is 18.4 Å². The number of nitrogens with two attached hydrogens (primary N) is 2. The second-order valence-electron chi connectivity index (χ2n) is 3.81. The van der Waals surface area contributed by atoms with E-state index in [2.05, 4.69) is 4.72 Å². The summed E-state index contributed by atoms with van der Waals surface area (Å²) in [5.41, 5.74) is 10.5. The van der Waals surface area contributed by atoms with Gasteiger partial charge in [-0.1, -0.05) is 0 Å². The largest absolute Gasteiger partial charge is 0.398 e. The van der Waals surface area contributed by atoms with Gasteiger partial charge in [-0.2, -0.15) is 0 Å². The van der Waals surface area contributed by atoms with Crippen LogP contribution in [0.1, 0.15) is 10.4 Å². The normalized spacial score (nSPS) is 13.2. The molecule has 0 bridgehead atoms. The molecule has 1 amide bonds. The number of carbonyl (C=O) groups is 1. The summed E-state index contributed by atoms with van der Waals surface area (Å²) < 4.78 is 25.8. The SMILES string of the molecule is NC(=O)c1ccc(S(=O)(=O)NCC(O)CO)c(N)c1. The first-order chi connectivity index (χ1) is 8.77. The molecule has 1 atom stereocenters. The van der Waals surface area contributed by atoms with Crippen LogP contribution in [-0.4, -0.2) is 43.8 Å². The van der Waals surface area contributed by atoms with E-state index in [0.717, 1.165) is 12.1 Å². The van der Waals surface area contributed by atoms with Crippen LogP contribution in [0, 0.1) is 0 Å². The first kappa shape index (κ1) is 15.4. The van der Waals surface area contributed by atoms with Crippen LogP contribution in [0.5, 0.6) is 0 Å². The topological polar surface area (TPSA) is 156 Å². The average Bonchev–Trinajstić information content (AvgIpc) is 2.35. The van der Waals surface area contributed by atoms with Gasteiger partial charge in [0.15, 0.2) is 0 Å². The second kappa shape index (κ2) is 5.97. The van der Waals surface area contributed by atoms with Crippen molar-refractivity contribution in [3.63, 3.8) is 0 Å². The van der Waals surface area contributed by atoms with E-state index in [1.165, 1.54) is 6.07 Å². The summed E-state index contributed by atoms with van der Waals surface area (Å²) >= 11 is 0. The van der Waals surface area contributed by atoms with Crippen LogP contribution in [0.4, 0.5) is 5.69 Å². The monoisotopic (exact) mass is 289 g/mol. The van der Waals surface area contributed by atoms with Crippen LogP contribution in [0.2, 0.25) is 0 Å². The molecule has 0 fully saturated rings. The number of nitrogens with one attached hydrogen (secondary N) is 1. The van der Waals surface area contributed by atoms with Gasteiger partial charge in [0, 0.05) is 12.1 Å². The van der Waals surface area contributed by atoms with Gasteiger partial charge >= 0.3 is 0 Å². The third-order valence-corrected chi connectivity index (χ3v) is 3.80. The molecular weight excluding hydrogens is 274 g/mol. The van der Waals surface area contributed by atoms with E-state index in [1.807, 2.05) is 0 Å². The molecule has 19 heavy (non-hydrogen) atoms. The highest BCUT2D eigenvalue weighted by molar-refractivity contribution is 7.89. The number of primary amides is 1. The average molecular weight is 289 g/mol. The Balaban J connectivity index is 2.99. The zero-order chi connectivity index (χ0) is 14.6. The molecule has 0 spiro atoms. The van der Waals surface area contributed by atoms with Crippen LogP contribution < -0.4 is 16.2 Å². The lowest BCUT2D eigenvalue weighted by Gasteiger charge is -2.11. The Kier molecular flexibility index (Phi) is 4.84. The zero-order valence-corrected chi connectivity index (χ0v) is 10.7. The van der Waals surface area contributed by atoms with Crippen molar-refractivity contribution < 1.29 is 23.4 Å². The van der Waals surface area contributed by atoms with Crippen molar-refractivity contribution in [2.75, 3.05) is 18.9 Å². The van der Waals surface area contributed by atoms with Crippen LogP contribution in [-0.2, 0) is 10.0 Å². The second-order valence-corrected chi connectivity index (χ2v) is 5.54. The van der Waals surface area contributed by atoms with Crippen LogP contribution >= 0.6 is 0 Å². The number of aliphatic hydroxyl groups excluding tert-OH is 2. The molecule has 0 aromatic heterocycles. The number of nitrogen functional groups attached to an aromatic ring is 1. The molecule has 1 aromatic carbocycles. The number of rotatable bonds is 6. The third-order valence-electron chi connectivity index (χ3n) is 2.30. The molecule has 1 aromatic rings. The highest BCUT2D eigenvalue weighted by atomic mass is 32.2. The smallest absolute Gasteiger partial charge is 0.248 e. The van der Waals surface area contributed by atoms with Gasteiger partial charge in [-0.25, -0.2) is 13.1 Å². The van der Waals surface area contributed by atoms with Gasteiger partial charge in [-0.05, 0) is 18.2 Å². The fraction of sp³-hybridized carbons (Fsp3) is 0.300. The minimum absolute atomic E-state index is 0.0897. The van der Waals surface area contributed by atoms with Crippen molar-refractivity contribution in [3.05, 3.63) is 23.8 Å². The molecule has 0 heterocycles. The van der Waals surface area contributed by atoms with Crippen LogP contribution in [0.3, 0.4) is 0 Å². The molecule has 0 radical (unpaired) electrons. The predicted octanol–water partition coefficient (Wildman–Crippen LogP) is -2.00. The first-order valence-corrected chi connectivity index (χ1v) is 6.74. The number of amides is 1. The Morgan fingerprint density at radius 1 is 1.42 bits per heavy atom. The van der Waals surface area contributed by atoms with Gasteiger partial charge in [-0.15, -0.1) is 0 Å². The summed E-state index contributed by atoms with van der Waals surface area (Å²) in [6, 6.07) is 3.53. The maximum atomic E-state index is 11.9. The quantitative estimate of drug-likeness (QED) is 0.381. The lowest BCUT2D eigenvalue weighted by atomic mass is 10.2. The third kappa shape index (κ3) is 3.89. The Morgan fingerprint density at radius 2 is 2.05 bits per heavy atom. The number of hydrogen-bond acceptors (Lipinski definition) is 6. The summed E-state index contributed by atoms with van der Waals surface area (Å²) in [7, 11) is -3.94. The van der Waals surface area contributed by atoms with E-state index in [1.54, 1.807) is 0 Å². The number of anilines is 1. The minimum Gasteiger partial charge on any atom is -0.398 e. The maximum Gasteiger partial charge on any atom is 0.248 e. The summed E-state index contributed by atoms with van der Waals surface area (Å²) in [5, 5.41) is 17.7. The first-order valence-electron chi connectivity index (χ1n) is 5.26. The standard InChI is InChI=1S/C10H15N3O5S/c11-8-3-6(10(12)16)1-2-9(8)19(17,18)13-4-7(15)5-14/h1-3,7,13-15H,4-5,11H2,(H2,12,16). The summed E-state index contributed by atoms with van der Waals surface area (Å²) in [4.78, 5) is 10.7. The zero-order valence-electron chi connectivity index (χ0n) is 9.91. The van der Waals surface area contributed by atoms with E-state index in [9.17, 15) is 13.2 Å². The lowest BCUT2D eigenvalue weighted by Crippen LogP contribution is -2.34. The molecule has 1 unspecified atom stereocenters. The van der Waals surface area contributed by atoms with Crippen molar-refractivity contribution in [2.24, 2.45) is 5.73 Å². The molecule has 0 saturated heterocycles. The Labute approximate surface area is 110 Å². The fourth-order valence-corrected chi connectivity index (χ4v) is 2.48. The van der Waals surface area contributed by atoms with Crippen molar-refractivity contribution >= 4 is 21.6 Å². The number of carbonyl (C=O) groups excluding carboxylic acids is 1. The summed E-state index contributed by atoms with van der Waals surface area (Å²) in [6.45, 7) is -0.922. The van der Waals surface area contributed by atoms with E-state index < -0.39 is 28.6 Å². The van der Waals surface area contributed by atoms with E-state index in [0.29, 0.717) is 0 Å². The molecule has 7 N–H and O–H groups in total. The van der Waals surface area contributed by atoms with Gasteiger partial charge in [-0.3, -0.25) is 4.79 Å². The Hall–Kier alpha value is -1.68. The number of aliphatic hydroxyl groups is 2. The summed E-state index contributed by atoms with van der Waals surface area (Å²) in [5.74, 6) is -0.723.